The largest absolute Gasteiger partial charge is 0.493 e. The highest BCUT2D eigenvalue weighted by Gasteiger charge is 2.25. The summed E-state index contributed by atoms with van der Waals surface area (Å²) in [4.78, 5) is 2.61. The fourth-order valence-electron chi connectivity index (χ4n) is 4.05. The molecule has 1 atom stereocenters. The van der Waals surface area contributed by atoms with Crippen molar-refractivity contribution >= 4 is 12.4 Å². The predicted molar refractivity (Wildman–Crippen MR) is 103 cm³/mol. The number of methoxy groups -OCH3 is 3. The van der Waals surface area contributed by atoms with E-state index in [0.29, 0.717) is 5.75 Å². The fourth-order valence-corrected chi connectivity index (χ4v) is 4.05. The molecule has 1 saturated heterocycles. The summed E-state index contributed by atoms with van der Waals surface area (Å²) < 4.78 is 16.7. The molecule has 0 aliphatic carbocycles. The van der Waals surface area contributed by atoms with Gasteiger partial charge in [-0.05, 0) is 56.3 Å². The highest BCUT2D eigenvalue weighted by atomic mass is 35.5. The topological polar surface area (TPSA) is 43.0 Å². The summed E-state index contributed by atoms with van der Waals surface area (Å²) in [6.07, 6.45) is 4.69. The molecule has 2 aliphatic rings. The van der Waals surface area contributed by atoms with E-state index in [-0.39, 0.29) is 12.4 Å². The molecule has 1 fully saturated rings. The first kappa shape index (κ1) is 20.1. The van der Waals surface area contributed by atoms with E-state index in [2.05, 4.69) is 16.3 Å². The van der Waals surface area contributed by atoms with Gasteiger partial charge in [-0.2, -0.15) is 0 Å². The minimum atomic E-state index is 0. The van der Waals surface area contributed by atoms with E-state index < -0.39 is 0 Å². The Morgan fingerprint density at radius 2 is 1.84 bits per heavy atom. The van der Waals surface area contributed by atoms with Crippen molar-refractivity contribution in [3.05, 3.63) is 17.2 Å². The van der Waals surface area contributed by atoms with Crippen LogP contribution in [0.5, 0.6) is 17.2 Å². The molecule has 0 bridgehead atoms. The van der Waals surface area contributed by atoms with Gasteiger partial charge in [-0.3, -0.25) is 0 Å². The molecule has 0 saturated carbocycles. The first-order valence-corrected chi connectivity index (χ1v) is 9.00. The van der Waals surface area contributed by atoms with Crippen molar-refractivity contribution in [2.24, 2.45) is 5.92 Å². The summed E-state index contributed by atoms with van der Waals surface area (Å²) in [6.45, 7) is 5.71. The lowest BCUT2D eigenvalue weighted by atomic mass is 9.99. The molecule has 1 unspecified atom stereocenters. The number of piperidine rings is 1. The Morgan fingerprint density at radius 1 is 1.08 bits per heavy atom. The number of rotatable bonds is 5. The predicted octanol–water partition coefficient (Wildman–Crippen LogP) is 2.53. The van der Waals surface area contributed by atoms with Crippen LogP contribution < -0.4 is 19.5 Å². The van der Waals surface area contributed by atoms with Crippen LogP contribution in [-0.4, -0.2) is 59.0 Å². The van der Waals surface area contributed by atoms with Gasteiger partial charge in [-0.15, -0.1) is 12.4 Å². The Bertz CT molecular complexity index is 562. The van der Waals surface area contributed by atoms with Gasteiger partial charge in [0.1, 0.15) is 0 Å². The first-order chi connectivity index (χ1) is 11.8. The Labute approximate surface area is 157 Å². The van der Waals surface area contributed by atoms with E-state index in [1.54, 1.807) is 21.3 Å². The van der Waals surface area contributed by atoms with Crippen LogP contribution in [0.3, 0.4) is 0 Å². The third-order valence-electron chi connectivity index (χ3n) is 5.32. The van der Waals surface area contributed by atoms with Crippen LogP contribution in [-0.2, 0) is 12.8 Å². The third-order valence-corrected chi connectivity index (χ3v) is 5.32. The molecule has 0 radical (unpaired) electrons. The minimum Gasteiger partial charge on any atom is -0.493 e. The number of fused-ring (bicyclic) bond motifs is 1. The van der Waals surface area contributed by atoms with Gasteiger partial charge in [0.2, 0.25) is 5.75 Å². The van der Waals surface area contributed by atoms with Crippen molar-refractivity contribution in [3.8, 4) is 17.2 Å². The van der Waals surface area contributed by atoms with Gasteiger partial charge < -0.3 is 24.4 Å². The van der Waals surface area contributed by atoms with Crippen molar-refractivity contribution in [2.45, 2.75) is 25.7 Å². The molecule has 1 aromatic rings. The van der Waals surface area contributed by atoms with Crippen molar-refractivity contribution < 1.29 is 14.2 Å². The van der Waals surface area contributed by atoms with Gasteiger partial charge in [0, 0.05) is 25.2 Å². The van der Waals surface area contributed by atoms with E-state index >= 15 is 0 Å². The van der Waals surface area contributed by atoms with E-state index in [9.17, 15) is 0 Å². The highest BCUT2D eigenvalue weighted by molar-refractivity contribution is 5.85. The van der Waals surface area contributed by atoms with Crippen LogP contribution in [0.4, 0.5) is 0 Å². The maximum Gasteiger partial charge on any atom is 0.203 e. The molecular formula is C19H31ClN2O3. The number of ether oxygens (including phenoxy) is 3. The summed E-state index contributed by atoms with van der Waals surface area (Å²) in [7, 11) is 5.07. The lowest BCUT2D eigenvalue weighted by Crippen LogP contribution is -2.39. The number of halogens is 1. The molecule has 2 aliphatic heterocycles. The molecule has 0 aromatic heterocycles. The summed E-state index contributed by atoms with van der Waals surface area (Å²) in [5.41, 5.74) is 2.60. The average Bonchev–Trinajstić information content (AvgIpc) is 2.83. The quantitative estimate of drug-likeness (QED) is 0.862. The third kappa shape index (κ3) is 4.52. The number of benzene rings is 1. The zero-order valence-corrected chi connectivity index (χ0v) is 16.4. The van der Waals surface area contributed by atoms with E-state index in [1.807, 2.05) is 0 Å². The second-order valence-electron chi connectivity index (χ2n) is 6.80. The molecule has 2 heterocycles. The van der Waals surface area contributed by atoms with Crippen LogP contribution in [0.2, 0.25) is 0 Å². The number of nitrogens with one attached hydrogen (secondary N) is 1. The molecule has 5 nitrogen and oxygen atoms in total. The van der Waals surface area contributed by atoms with Crippen LogP contribution in [0, 0.1) is 5.92 Å². The van der Waals surface area contributed by atoms with Crippen LogP contribution in [0.1, 0.15) is 24.0 Å². The van der Waals surface area contributed by atoms with Gasteiger partial charge in [-0.25, -0.2) is 0 Å². The smallest absolute Gasteiger partial charge is 0.203 e. The SMILES string of the molecule is COc1cc2c(c(OC)c1OC)CCN(CC1CCCNC1)CC2.Cl. The highest BCUT2D eigenvalue weighted by Crippen LogP contribution is 2.43. The van der Waals surface area contributed by atoms with Crippen molar-refractivity contribution in [2.75, 3.05) is 54.1 Å². The molecule has 1 N–H and O–H groups in total. The number of hydrogen-bond acceptors (Lipinski definition) is 5. The molecule has 25 heavy (non-hydrogen) atoms. The summed E-state index contributed by atoms with van der Waals surface area (Å²) in [5, 5.41) is 3.53. The summed E-state index contributed by atoms with van der Waals surface area (Å²) in [5.74, 6) is 3.10. The second kappa shape index (κ2) is 9.51. The summed E-state index contributed by atoms with van der Waals surface area (Å²) >= 11 is 0. The van der Waals surface area contributed by atoms with Crippen molar-refractivity contribution in [3.63, 3.8) is 0 Å². The Hall–Kier alpha value is -1.17. The second-order valence-corrected chi connectivity index (χ2v) is 6.80. The lowest BCUT2D eigenvalue weighted by Gasteiger charge is -2.29. The first-order valence-electron chi connectivity index (χ1n) is 9.00. The summed E-state index contributed by atoms with van der Waals surface area (Å²) in [6, 6.07) is 2.13. The lowest BCUT2D eigenvalue weighted by molar-refractivity contribution is 0.215. The molecule has 1 aromatic carbocycles. The van der Waals surface area contributed by atoms with Gasteiger partial charge in [0.15, 0.2) is 11.5 Å². The Balaban J connectivity index is 0.00000225. The van der Waals surface area contributed by atoms with E-state index in [4.69, 9.17) is 14.2 Å². The maximum absolute atomic E-state index is 5.68. The van der Waals surface area contributed by atoms with Gasteiger partial charge in [0.25, 0.3) is 0 Å². The molecule has 6 heteroatoms. The van der Waals surface area contributed by atoms with Crippen LogP contribution >= 0.6 is 12.4 Å². The number of hydrogen-bond donors (Lipinski definition) is 1. The minimum absolute atomic E-state index is 0. The molecule has 0 amide bonds. The maximum atomic E-state index is 5.68. The van der Waals surface area contributed by atoms with Crippen LogP contribution in [0.25, 0.3) is 0 Å². The zero-order chi connectivity index (χ0) is 16.9. The van der Waals surface area contributed by atoms with Gasteiger partial charge in [-0.1, -0.05) is 0 Å². The van der Waals surface area contributed by atoms with Gasteiger partial charge in [0.05, 0.1) is 21.3 Å². The van der Waals surface area contributed by atoms with Gasteiger partial charge >= 0.3 is 0 Å². The molecule has 0 spiro atoms. The zero-order valence-electron chi connectivity index (χ0n) is 15.6. The Morgan fingerprint density at radius 3 is 2.48 bits per heavy atom. The van der Waals surface area contributed by atoms with Crippen LogP contribution in [0.15, 0.2) is 6.07 Å². The van der Waals surface area contributed by atoms with Crippen molar-refractivity contribution in [1.82, 2.24) is 10.2 Å². The standard InChI is InChI=1S/C19H30N2O3.ClH/c1-22-17-11-15-6-9-21(13-14-5-4-8-20-12-14)10-7-16(15)18(23-2)19(17)24-3;/h11,14,20H,4-10,12-13H2,1-3H3;1H. The fraction of sp³-hybridized carbons (Fsp3) is 0.684. The van der Waals surface area contributed by atoms with E-state index in [1.165, 1.54) is 37.1 Å². The number of nitrogens with zero attached hydrogens (tertiary/aromatic N) is 1. The van der Waals surface area contributed by atoms with E-state index in [0.717, 1.165) is 49.9 Å². The normalized spacial score (nSPS) is 20.8. The van der Waals surface area contributed by atoms with Crippen molar-refractivity contribution in [1.29, 1.82) is 0 Å². The average molecular weight is 371 g/mol. The monoisotopic (exact) mass is 370 g/mol. The molecular weight excluding hydrogens is 340 g/mol. The molecule has 142 valence electrons. The molecule has 3 rings (SSSR count). The Kier molecular flexibility index (Phi) is 7.66.